The molecule has 0 spiro atoms. The molecule has 0 bridgehead atoms. The lowest BCUT2D eigenvalue weighted by molar-refractivity contribution is -0.253. The van der Waals surface area contributed by atoms with Gasteiger partial charge in [-0.15, -0.1) is 0 Å². The number of rotatable bonds is 1. The number of ketones is 1. The number of carbonyl (C=O) groups is 1. The topological polar surface area (TPSA) is 98.0 Å². The Balaban J connectivity index is 1.64. The maximum atomic E-state index is 12.9. The molecule has 0 aliphatic heterocycles. The van der Waals surface area contributed by atoms with Crippen LogP contribution in [0.5, 0.6) is 0 Å². The number of aliphatic hydroxyl groups excluding tert-OH is 4. The lowest BCUT2D eigenvalue weighted by Crippen LogP contribution is -2.71. The third kappa shape index (κ3) is 2.88. The highest BCUT2D eigenvalue weighted by Gasteiger charge is 2.72. The second kappa shape index (κ2) is 7.42. The van der Waals surface area contributed by atoms with E-state index in [0.29, 0.717) is 36.9 Å². The summed E-state index contributed by atoms with van der Waals surface area (Å²) in [7, 11) is 0. The van der Waals surface area contributed by atoms with Gasteiger partial charge in [-0.1, -0.05) is 60.1 Å². The van der Waals surface area contributed by atoms with E-state index in [1.165, 1.54) is 5.57 Å². The van der Waals surface area contributed by atoms with Crippen molar-refractivity contribution >= 4 is 5.78 Å². The highest BCUT2D eigenvalue weighted by Crippen LogP contribution is 2.75. The van der Waals surface area contributed by atoms with Gasteiger partial charge in [0.05, 0.1) is 30.3 Å². The zero-order valence-electron chi connectivity index (χ0n) is 22.9. The third-order valence-electron chi connectivity index (χ3n) is 13.2. The van der Waals surface area contributed by atoms with Crippen LogP contribution >= 0.6 is 0 Å². The summed E-state index contributed by atoms with van der Waals surface area (Å²) >= 11 is 0. The molecular weight excluding hydrogens is 440 g/mol. The van der Waals surface area contributed by atoms with Gasteiger partial charge in [-0.25, -0.2) is 0 Å². The molecular formula is C30H48O5. The highest BCUT2D eigenvalue weighted by molar-refractivity contribution is 5.85. The molecule has 0 aromatic heterocycles. The lowest BCUT2D eigenvalue weighted by Gasteiger charge is -2.72. The summed E-state index contributed by atoms with van der Waals surface area (Å²) in [5.41, 5.74) is -0.926. The predicted molar refractivity (Wildman–Crippen MR) is 135 cm³/mol. The van der Waals surface area contributed by atoms with Crippen LogP contribution in [0.2, 0.25) is 0 Å². The number of hydrogen-bond donors (Lipinski definition) is 4. The van der Waals surface area contributed by atoms with Crippen LogP contribution in [-0.2, 0) is 4.79 Å². The van der Waals surface area contributed by atoms with Gasteiger partial charge in [-0.3, -0.25) is 4.79 Å². The normalized spacial score (nSPS) is 54.6. The first-order valence-electron chi connectivity index (χ1n) is 13.9. The number of allylic oxidation sites excluding steroid dienone is 2. The molecule has 0 amide bonds. The van der Waals surface area contributed by atoms with E-state index >= 15 is 0 Å². The monoisotopic (exact) mass is 488 g/mol. The SMILES string of the molecule is CC1(C)C[C@H]2C3=CC[C@@H]4[C@@]5(C)CCC(=O)C(C)(C)[C@@H]5CC[C@@]4(C)[C@]3(C)CC(O)[C@@]2(CO)C(O)C1O. The number of fused-ring (bicyclic) bond motifs is 7. The standard InChI is InChI=1S/C30H48O5/c1-25(2)14-18-17-8-9-20-27(5)12-11-21(32)26(3,4)19(27)10-13-28(20,6)29(17,7)15-22(33)30(18,16-31)24(35)23(25)34/h8,18-20,22-24,31,33-35H,9-16H2,1-7H3/t18-,19-,20+,22?,23?,24?,27-,28+,29+,30-/m0/s1. The maximum absolute atomic E-state index is 12.9. The van der Waals surface area contributed by atoms with E-state index < -0.39 is 29.1 Å². The second-order valence-electron chi connectivity index (χ2n) is 15.1. The molecule has 5 nitrogen and oxygen atoms in total. The summed E-state index contributed by atoms with van der Waals surface area (Å²) in [6.07, 6.45) is 5.00. The Bertz CT molecular complexity index is 952. The fraction of sp³-hybridized carbons (Fsp3) is 0.900. The molecule has 4 fully saturated rings. The van der Waals surface area contributed by atoms with Gasteiger partial charge in [0.15, 0.2) is 0 Å². The highest BCUT2D eigenvalue weighted by atomic mass is 16.3. The minimum Gasteiger partial charge on any atom is -0.396 e. The number of carbonyl (C=O) groups excluding carboxylic acids is 1. The van der Waals surface area contributed by atoms with Crippen molar-refractivity contribution in [2.24, 2.45) is 50.2 Å². The quantitative estimate of drug-likeness (QED) is 0.414. The van der Waals surface area contributed by atoms with Crippen LogP contribution in [0.25, 0.3) is 0 Å². The van der Waals surface area contributed by atoms with Gasteiger partial charge < -0.3 is 20.4 Å². The van der Waals surface area contributed by atoms with Crippen molar-refractivity contribution in [2.75, 3.05) is 6.61 Å². The number of Topliss-reactive ketones (excluding diaryl/α,β-unsaturated/α-hetero) is 1. The van der Waals surface area contributed by atoms with Crippen LogP contribution in [0, 0.1) is 50.2 Å². The zero-order chi connectivity index (χ0) is 26.0. The Hall–Kier alpha value is -0.750. The van der Waals surface area contributed by atoms with Gasteiger partial charge in [-0.05, 0) is 77.9 Å². The van der Waals surface area contributed by atoms with Crippen LogP contribution in [-0.4, -0.2) is 51.1 Å². The summed E-state index contributed by atoms with van der Waals surface area (Å²) in [5, 5.41) is 44.7. The number of hydrogen-bond acceptors (Lipinski definition) is 5. The van der Waals surface area contributed by atoms with Crippen molar-refractivity contribution in [1.82, 2.24) is 0 Å². The predicted octanol–water partition coefficient (Wildman–Crippen LogP) is 4.26. The summed E-state index contributed by atoms with van der Waals surface area (Å²) in [4.78, 5) is 12.9. The molecule has 5 heteroatoms. The minimum atomic E-state index is -1.18. The summed E-state index contributed by atoms with van der Waals surface area (Å²) < 4.78 is 0. The minimum absolute atomic E-state index is 0.0491. The Labute approximate surface area is 211 Å². The zero-order valence-corrected chi connectivity index (χ0v) is 22.9. The van der Waals surface area contributed by atoms with Gasteiger partial charge in [0.1, 0.15) is 5.78 Å². The number of aliphatic hydroxyl groups is 4. The average molecular weight is 489 g/mol. The van der Waals surface area contributed by atoms with Crippen LogP contribution < -0.4 is 0 Å². The summed E-state index contributed by atoms with van der Waals surface area (Å²) in [6.45, 7) is 15.1. The fourth-order valence-electron chi connectivity index (χ4n) is 10.7. The first kappa shape index (κ1) is 25.9. The van der Waals surface area contributed by atoms with E-state index in [1.54, 1.807) is 0 Å². The van der Waals surface area contributed by atoms with Gasteiger partial charge in [0.2, 0.25) is 0 Å². The molecule has 10 atom stereocenters. The molecule has 0 aromatic rings. The molecule has 4 N–H and O–H groups in total. The van der Waals surface area contributed by atoms with Crippen molar-refractivity contribution < 1.29 is 25.2 Å². The fourth-order valence-corrected chi connectivity index (χ4v) is 10.7. The van der Waals surface area contributed by atoms with Crippen molar-refractivity contribution in [2.45, 2.75) is 112 Å². The van der Waals surface area contributed by atoms with Crippen LogP contribution in [0.3, 0.4) is 0 Å². The van der Waals surface area contributed by atoms with E-state index in [2.05, 4.69) is 40.7 Å². The molecule has 4 saturated carbocycles. The largest absolute Gasteiger partial charge is 0.396 e. The molecule has 0 saturated heterocycles. The third-order valence-corrected chi connectivity index (χ3v) is 13.2. The first-order valence-corrected chi connectivity index (χ1v) is 13.9. The molecule has 0 radical (unpaired) electrons. The molecule has 5 rings (SSSR count). The average Bonchev–Trinajstić information content (AvgIpc) is 2.76. The molecule has 3 unspecified atom stereocenters. The molecule has 0 aromatic carbocycles. The lowest BCUT2D eigenvalue weighted by atomic mass is 9.33. The molecule has 5 aliphatic carbocycles. The molecule has 0 heterocycles. The smallest absolute Gasteiger partial charge is 0.138 e. The maximum Gasteiger partial charge on any atom is 0.138 e. The van der Waals surface area contributed by atoms with Crippen LogP contribution in [0.4, 0.5) is 0 Å². The van der Waals surface area contributed by atoms with Gasteiger partial charge in [-0.2, -0.15) is 0 Å². The van der Waals surface area contributed by atoms with Crippen molar-refractivity contribution in [3.63, 3.8) is 0 Å². The van der Waals surface area contributed by atoms with Crippen LogP contribution in [0.15, 0.2) is 11.6 Å². The van der Waals surface area contributed by atoms with Crippen molar-refractivity contribution in [3.8, 4) is 0 Å². The molecule has 5 aliphatic rings. The van der Waals surface area contributed by atoms with Crippen LogP contribution in [0.1, 0.15) is 93.4 Å². The Morgan fingerprint density at radius 2 is 1.57 bits per heavy atom. The van der Waals surface area contributed by atoms with E-state index in [1.807, 2.05) is 13.8 Å². The summed E-state index contributed by atoms with van der Waals surface area (Å²) in [6, 6.07) is 0. The van der Waals surface area contributed by atoms with Gasteiger partial charge in [0.25, 0.3) is 0 Å². The van der Waals surface area contributed by atoms with Crippen molar-refractivity contribution in [1.29, 1.82) is 0 Å². The molecule has 198 valence electrons. The second-order valence-corrected chi connectivity index (χ2v) is 15.1. The van der Waals surface area contributed by atoms with Gasteiger partial charge >= 0.3 is 0 Å². The van der Waals surface area contributed by atoms with E-state index in [9.17, 15) is 25.2 Å². The van der Waals surface area contributed by atoms with Gasteiger partial charge in [0, 0.05) is 11.8 Å². The van der Waals surface area contributed by atoms with E-state index in [4.69, 9.17) is 0 Å². The first-order chi connectivity index (χ1) is 16.0. The van der Waals surface area contributed by atoms with E-state index in [-0.39, 0.29) is 34.2 Å². The molecule has 35 heavy (non-hydrogen) atoms. The van der Waals surface area contributed by atoms with Crippen molar-refractivity contribution in [3.05, 3.63) is 11.6 Å². The Kier molecular flexibility index (Phi) is 5.49. The van der Waals surface area contributed by atoms with E-state index in [0.717, 1.165) is 25.7 Å². The Morgan fingerprint density at radius 3 is 2.20 bits per heavy atom. The Morgan fingerprint density at radius 1 is 0.914 bits per heavy atom. The summed E-state index contributed by atoms with van der Waals surface area (Å²) in [5.74, 6) is 1.00.